The minimum absolute atomic E-state index is 0.309. The van der Waals surface area contributed by atoms with Crippen molar-refractivity contribution >= 4 is 28.6 Å². The summed E-state index contributed by atoms with van der Waals surface area (Å²) in [5.41, 5.74) is 13.8. The molecule has 0 radical (unpaired) electrons. The van der Waals surface area contributed by atoms with Gasteiger partial charge in [-0.1, -0.05) is 120 Å². The Hall–Kier alpha value is -5.80. The minimum atomic E-state index is -0.309. The first kappa shape index (κ1) is 33.1. The average Bonchev–Trinajstić information content (AvgIpc) is 3.10. The monoisotopic (exact) mass is 643 g/mol. The molecule has 242 valence electrons. The van der Waals surface area contributed by atoms with Crippen molar-refractivity contribution in [3.05, 3.63) is 220 Å². The molecule has 6 rings (SSSR count). The first-order chi connectivity index (χ1) is 23.7. The summed E-state index contributed by atoms with van der Waals surface area (Å²) in [5.74, 6) is -0.617. The summed E-state index contributed by atoms with van der Waals surface area (Å²) in [7, 11) is 0. The summed E-state index contributed by atoms with van der Waals surface area (Å²) < 4.78 is 27.9. The van der Waals surface area contributed by atoms with Gasteiger partial charge in [0.1, 0.15) is 11.6 Å². The molecule has 0 aromatic heterocycles. The zero-order valence-corrected chi connectivity index (χ0v) is 28.3. The molecule has 0 spiro atoms. The maximum atomic E-state index is 14.0. The fourth-order valence-corrected chi connectivity index (χ4v) is 5.85. The van der Waals surface area contributed by atoms with Crippen molar-refractivity contribution in [3.8, 4) is 0 Å². The Morgan fingerprint density at radius 1 is 0.490 bits per heavy atom. The largest absolute Gasteiger partial charge is 0.317 e. The van der Waals surface area contributed by atoms with E-state index in [1.807, 2.05) is 6.07 Å². The number of allylic oxidation sites excluding steroid dienone is 2. The minimum Gasteiger partial charge on any atom is -0.317 e. The van der Waals surface area contributed by atoms with Crippen molar-refractivity contribution < 1.29 is 8.78 Å². The van der Waals surface area contributed by atoms with Crippen molar-refractivity contribution in [2.45, 2.75) is 27.7 Å². The van der Waals surface area contributed by atoms with Crippen LogP contribution in [0.2, 0.25) is 0 Å². The van der Waals surface area contributed by atoms with Gasteiger partial charge in [-0.2, -0.15) is 0 Å². The van der Waals surface area contributed by atoms with Crippen LogP contribution in [-0.4, -0.2) is 0 Å². The van der Waals surface area contributed by atoms with E-state index in [1.165, 1.54) is 46.5 Å². The number of halogens is 2. The molecule has 0 saturated heterocycles. The van der Waals surface area contributed by atoms with Gasteiger partial charge >= 0.3 is 0 Å². The van der Waals surface area contributed by atoms with E-state index in [9.17, 15) is 8.78 Å². The molecule has 0 aliphatic rings. The molecule has 6 aromatic rings. The highest BCUT2D eigenvalue weighted by Crippen LogP contribution is 2.34. The van der Waals surface area contributed by atoms with Crippen molar-refractivity contribution in [2.75, 3.05) is 4.90 Å². The molecule has 0 N–H and O–H groups in total. The maximum Gasteiger partial charge on any atom is 0.123 e. The van der Waals surface area contributed by atoms with Crippen molar-refractivity contribution in [1.29, 1.82) is 0 Å². The van der Waals surface area contributed by atoms with E-state index in [0.717, 1.165) is 50.3 Å². The first-order valence-corrected chi connectivity index (χ1v) is 16.5. The van der Waals surface area contributed by atoms with E-state index in [4.69, 9.17) is 0 Å². The van der Waals surface area contributed by atoms with Crippen LogP contribution in [0.5, 0.6) is 0 Å². The topological polar surface area (TPSA) is 3.24 Å². The van der Waals surface area contributed by atoms with Gasteiger partial charge in [-0.3, -0.25) is 0 Å². The fourth-order valence-electron chi connectivity index (χ4n) is 5.85. The molecule has 0 bridgehead atoms. The molecular formula is C46H39F2N. The summed E-state index contributed by atoms with van der Waals surface area (Å²) >= 11 is 0. The van der Waals surface area contributed by atoms with Crippen LogP contribution < -0.4 is 4.90 Å². The van der Waals surface area contributed by atoms with Crippen LogP contribution in [0.4, 0.5) is 20.2 Å². The maximum absolute atomic E-state index is 14.0. The third-order valence-electron chi connectivity index (χ3n) is 8.64. The van der Waals surface area contributed by atoms with E-state index in [0.29, 0.717) is 0 Å². The molecule has 49 heavy (non-hydrogen) atoms. The quantitative estimate of drug-likeness (QED) is 0.142. The average molecular weight is 644 g/mol. The van der Waals surface area contributed by atoms with Gasteiger partial charge in [0.2, 0.25) is 0 Å². The lowest BCUT2D eigenvalue weighted by atomic mass is 9.95. The van der Waals surface area contributed by atoms with Crippen LogP contribution in [0.3, 0.4) is 0 Å². The molecule has 6 aromatic carbocycles. The molecular weight excluding hydrogens is 605 g/mol. The second-order valence-electron chi connectivity index (χ2n) is 12.5. The van der Waals surface area contributed by atoms with Gasteiger partial charge < -0.3 is 4.90 Å². The standard InChI is InChI=1S/C46H39F2N/c1-32-11-15-37(16-12-32)45(38-17-13-33(2)14-18-38)10-6-8-36-23-28-44(30-35(36)4)49(43-9-5-7-34(3)29-43)31-46(39-19-24-41(47)25-20-39)40-21-26-42(48)27-22-40/h5-31H,1-4H3. The Morgan fingerprint density at radius 2 is 0.980 bits per heavy atom. The van der Waals surface area contributed by atoms with Gasteiger partial charge in [-0.25, -0.2) is 8.78 Å². The number of hydrogen-bond acceptors (Lipinski definition) is 1. The van der Waals surface area contributed by atoms with Gasteiger partial charge in [0.05, 0.1) is 0 Å². The number of rotatable bonds is 9. The molecule has 0 saturated carbocycles. The number of benzene rings is 6. The van der Waals surface area contributed by atoms with Gasteiger partial charge in [-0.15, -0.1) is 0 Å². The van der Waals surface area contributed by atoms with Crippen molar-refractivity contribution in [3.63, 3.8) is 0 Å². The highest BCUT2D eigenvalue weighted by atomic mass is 19.1. The first-order valence-electron chi connectivity index (χ1n) is 16.5. The smallest absolute Gasteiger partial charge is 0.123 e. The Bertz CT molecular complexity index is 2040. The van der Waals surface area contributed by atoms with E-state index < -0.39 is 0 Å². The Balaban J connectivity index is 1.40. The number of anilines is 2. The Kier molecular flexibility index (Phi) is 10.1. The molecule has 0 heterocycles. The van der Waals surface area contributed by atoms with Crippen LogP contribution in [0, 0.1) is 39.3 Å². The van der Waals surface area contributed by atoms with Crippen molar-refractivity contribution in [2.24, 2.45) is 0 Å². The second-order valence-corrected chi connectivity index (χ2v) is 12.5. The Labute approximate surface area is 288 Å². The summed E-state index contributed by atoms with van der Waals surface area (Å²) in [6, 6.07) is 44.9. The van der Waals surface area contributed by atoms with Crippen LogP contribution >= 0.6 is 0 Å². The van der Waals surface area contributed by atoms with Crippen LogP contribution in [-0.2, 0) is 0 Å². The third-order valence-corrected chi connectivity index (χ3v) is 8.64. The third kappa shape index (κ3) is 8.20. The fraction of sp³-hybridized carbons (Fsp3) is 0.0870. The molecule has 1 nitrogen and oxygen atoms in total. The zero-order valence-electron chi connectivity index (χ0n) is 28.3. The number of hydrogen-bond donors (Lipinski definition) is 0. The summed E-state index contributed by atoms with van der Waals surface area (Å²) in [4.78, 5) is 2.14. The van der Waals surface area contributed by atoms with Crippen LogP contribution in [0.1, 0.15) is 50.1 Å². The normalized spacial score (nSPS) is 11.0. The summed E-state index contributed by atoms with van der Waals surface area (Å²) in [5, 5.41) is 0. The number of aryl methyl sites for hydroxylation is 4. The van der Waals surface area contributed by atoms with Gasteiger partial charge in [0.15, 0.2) is 0 Å². The van der Waals surface area contributed by atoms with E-state index in [2.05, 4.69) is 142 Å². The predicted molar refractivity (Wildman–Crippen MR) is 203 cm³/mol. The lowest BCUT2D eigenvalue weighted by Gasteiger charge is -2.24. The van der Waals surface area contributed by atoms with Crippen LogP contribution in [0.25, 0.3) is 17.2 Å². The van der Waals surface area contributed by atoms with Gasteiger partial charge in [0.25, 0.3) is 0 Å². The summed E-state index contributed by atoms with van der Waals surface area (Å²) in [6.45, 7) is 8.40. The summed E-state index contributed by atoms with van der Waals surface area (Å²) in [6.07, 6.45) is 8.51. The molecule has 0 unspecified atom stereocenters. The van der Waals surface area contributed by atoms with Gasteiger partial charge in [-0.05, 0) is 121 Å². The highest BCUT2D eigenvalue weighted by Gasteiger charge is 2.14. The van der Waals surface area contributed by atoms with E-state index in [-0.39, 0.29) is 11.6 Å². The predicted octanol–water partition coefficient (Wildman–Crippen LogP) is 12.6. The molecule has 0 atom stereocenters. The molecule has 0 fully saturated rings. The van der Waals surface area contributed by atoms with Crippen molar-refractivity contribution in [1.82, 2.24) is 0 Å². The lowest BCUT2D eigenvalue weighted by Crippen LogP contribution is -2.11. The molecule has 0 aliphatic carbocycles. The second kappa shape index (κ2) is 15.0. The highest BCUT2D eigenvalue weighted by molar-refractivity contribution is 5.85. The molecule has 0 aliphatic heterocycles. The number of nitrogens with zero attached hydrogens (tertiary/aromatic N) is 1. The Morgan fingerprint density at radius 3 is 1.49 bits per heavy atom. The van der Waals surface area contributed by atoms with E-state index >= 15 is 0 Å². The van der Waals surface area contributed by atoms with Gasteiger partial charge in [0, 0.05) is 23.1 Å². The van der Waals surface area contributed by atoms with Crippen LogP contribution in [0.15, 0.2) is 158 Å². The zero-order chi connectivity index (χ0) is 34.3. The SMILES string of the molecule is Cc1ccc(C(=CC=Cc2ccc(N(C=C(c3ccc(F)cc3)c3ccc(F)cc3)c3cccc(C)c3)cc2C)c2ccc(C)cc2)cc1. The molecule has 3 heteroatoms. The lowest BCUT2D eigenvalue weighted by molar-refractivity contribution is 0.627. The molecule has 0 amide bonds. The van der Waals surface area contributed by atoms with E-state index in [1.54, 1.807) is 24.3 Å².